The molecule has 6 heteroatoms. The first-order valence-electron chi connectivity index (χ1n) is 6.46. The topological polar surface area (TPSA) is 83.7 Å². The van der Waals surface area contributed by atoms with Crippen LogP contribution in [0.15, 0.2) is 24.5 Å². The molecule has 2 N–H and O–H groups in total. The fourth-order valence-electron chi connectivity index (χ4n) is 1.97. The number of carboxylic acids is 1. The second-order valence-electron chi connectivity index (χ2n) is 4.75. The molecule has 106 valence electrons. The lowest BCUT2D eigenvalue weighted by Gasteiger charge is -2.11. The van der Waals surface area contributed by atoms with Crippen LogP contribution in [0, 0.1) is 6.92 Å². The standard InChI is InChI=1S/C14H17N3O3/c1-3-11(14(19)20)16-13(18)7-10-8-17-5-4-9(2)6-12(17)15-10/h4-6,8,11H,3,7H2,1-2H3,(H,16,18)(H,19,20). The summed E-state index contributed by atoms with van der Waals surface area (Å²) >= 11 is 0. The molecule has 0 aliphatic heterocycles. The van der Waals surface area contributed by atoms with E-state index in [1.807, 2.05) is 29.7 Å². The predicted molar refractivity (Wildman–Crippen MR) is 73.5 cm³/mol. The van der Waals surface area contributed by atoms with Crippen LogP contribution in [0.5, 0.6) is 0 Å². The number of amides is 1. The highest BCUT2D eigenvalue weighted by atomic mass is 16.4. The number of hydrogen-bond donors (Lipinski definition) is 2. The summed E-state index contributed by atoms with van der Waals surface area (Å²) in [5, 5.41) is 11.4. The van der Waals surface area contributed by atoms with Crippen LogP contribution < -0.4 is 5.32 Å². The summed E-state index contributed by atoms with van der Waals surface area (Å²) < 4.78 is 1.84. The van der Waals surface area contributed by atoms with Gasteiger partial charge in [0.15, 0.2) is 0 Å². The minimum Gasteiger partial charge on any atom is -0.480 e. The van der Waals surface area contributed by atoms with Crippen molar-refractivity contribution < 1.29 is 14.7 Å². The number of fused-ring (bicyclic) bond motifs is 1. The predicted octanol–water partition coefficient (Wildman–Crippen LogP) is 1.16. The average molecular weight is 275 g/mol. The molecule has 2 rings (SSSR count). The molecule has 0 spiro atoms. The van der Waals surface area contributed by atoms with Crippen molar-refractivity contribution in [3.63, 3.8) is 0 Å². The summed E-state index contributed by atoms with van der Waals surface area (Å²) in [4.78, 5) is 27.0. The van der Waals surface area contributed by atoms with Gasteiger partial charge in [0.2, 0.25) is 5.91 Å². The first-order valence-corrected chi connectivity index (χ1v) is 6.46. The lowest BCUT2D eigenvalue weighted by molar-refractivity contribution is -0.141. The number of hydrogen-bond acceptors (Lipinski definition) is 3. The van der Waals surface area contributed by atoms with E-state index in [1.165, 1.54) is 0 Å². The number of carboxylic acid groups (broad SMARTS) is 1. The van der Waals surface area contributed by atoms with Gasteiger partial charge in [0.1, 0.15) is 11.7 Å². The summed E-state index contributed by atoms with van der Waals surface area (Å²) in [5.41, 5.74) is 2.49. The molecule has 6 nitrogen and oxygen atoms in total. The number of carbonyl (C=O) groups excluding carboxylic acids is 1. The van der Waals surface area contributed by atoms with E-state index in [0.717, 1.165) is 11.2 Å². The maximum absolute atomic E-state index is 11.8. The zero-order valence-corrected chi connectivity index (χ0v) is 11.5. The smallest absolute Gasteiger partial charge is 0.326 e. The molecule has 0 fully saturated rings. The van der Waals surface area contributed by atoms with E-state index >= 15 is 0 Å². The van der Waals surface area contributed by atoms with Crippen LogP contribution in [0.2, 0.25) is 0 Å². The number of aliphatic carboxylic acids is 1. The Bertz CT molecular complexity index is 648. The molecular weight excluding hydrogens is 258 g/mol. The minimum atomic E-state index is -1.02. The van der Waals surface area contributed by atoms with Gasteiger partial charge in [-0.1, -0.05) is 6.92 Å². The fourth-order valence-corrected chi connectivity index (χ4v) is 1.97. The van der Waals surface area contributed by atoms with E-state index in [-0.39, 0.29) is 12.3 Å². The van der Waals surface area contributed by atoms with Crippen LogP contribution in [0.4, 0.5) is 0 Å². The van der Waals surface area contributed by atoms with Crippen molar-refractivity contribution >= 4 is 17.5 Å². The minimum absolute atomic E-state index is 0.0739. The van der Waals surface area contributed by atoms with Crippen molar-refractivity contribution in [3.05, 3.63) is 35.8 Å². The molecule has 20 heavy (non-hydrogen) atoms. The highest BCUT2D eigenvalue weighted by Gasteiger charge is 2.18. The lowest BCUT2D eigenvalue weighted by Crippen LogP contribution is -2.41. The van der Waals surface area contributed by atoms with Crippen molar-refractivity contribution in [2.45, 2.75) is 32.7 Å². The second kappa shape index (κ2) is 5.73. The Balaban J connectivity index is 2.08. The molecule has 0 bridgehead atoms. The number of nitrogens with one attached hydrogen (secondary N) is 1. The van der Waals surface area contributed by atoms with Crippen molar-refractivity contribution in [1.82, 2.24) is 14.7 Å². The van der Waals surface area contributed by atoms with Crippen molar-refractivity contribution in [1.29, 1.82) is 0 Å². The lowest BCUT2D eigenvalue weighted by atomic mass is 10.2. The summed E-state index contributed by atoms with van der Waals surface area (Å²) in [7, 11) is 0. The first kappa shape index (κ1) is 14.0. The number of aromatic nitrogens is 2. The quantitative estimate of drug-likeness (QED) is 0.857. The molecule has 2 aromatic rings. The second-order valence-corrected chi connectivity index (χ2v) is 4.75. The number of pyridine rings is 1. The van der Waals surface area contributed by atoms with E-state index < -0.39 is 12.0 Å². The van der Waals surface area contributed by atoms with Crippen molar-refractivity contribution in [2.75, 3.05) is 0 Å². The molecule has 0 aliphatic carbocycles. The third-order valence-electron chi connectivity index (χ3n) is 3.05. The zero-order valence-electron chi connectivity index (χ0n) is 11.5. The monoisotopic (exact) mass is 275 g/mol. The Hall–Kier alpha value is -2.37. The third-order valence-corrected chi connectivity index (χ3v) is 3.05. The Morgan fingerprint density at radius 3 is 2.90 bits per heavy atom. The van der Waals surface area contributed by atoms with Crippen LogP contribution in [-0.2, 0) is 16.0 Å². The van der Waals surface area contributed by atoms with Gasteiger partial charge < -0.3 is 14.8 Å². The molecule has 0 saturated carbocycles. The van der Waals surface area contributed by atoms with Gasteiger partial charge in [0, 0.05) is 12.4 Å². The van der Waals surface area contributed by atoms with Crippen molar-refractivity contribution in [2.24, 2.45) is 0 Å². The molecule has 0 radical (unpaired) electrons. The van der Waals surface area contributed by atoms with Crippen LogP contribution in [0.1, 0.15) is 24.6 Å². The third kappa shape index (κ3) is 3.14. The van der Waals surface area contributed by atoms with Gasteiger partial charge in [-0.05, 0) is 31.0 Å². The summed E-state index contributed by atoms with van der Waals surface area (Å²) in [5.74, 6) is -1.36. The molecule has 0 saturated heterocycles. The first-order chi connectivity index (χ1) is 9.49. The number of nitrogens with zero attached hydrogens (tertiary/aromatic N) is 2. The molecular formula is C14H17N3O3. The molecule has 1 amide bonds. The van der Waals surface area contributed by atoms with E-state index in [0.29, 0.717) is 12.1 Å². The molecule has 2 heterocycles. The zero-order chi connectivity index (χ0) is 14.7. The van der Waals surface area contributed by atoms with Gasteiger partial charge in [-0.2, -0.15) is 0 Å². The molecule has 2 aromatic heterocycles. The van der Waals surface area contributed by atoms with Gasteiger partial charge in [-0.3, -0.25) is 4.79 Å². The highest BCUT2D eigenvalue weighted by Crippen LogP contribution is 2.08. The van der Waals surface area contributed by atoms with Gasteiger partial charge in [0.05, 0.1) is 12.1 Å². The van der Waals surface area contributed by atoms with Crippen LogP contribution in [-0.4, -0.2) is 32.4 Å². The SMILES string of the molecule is CCC(NC(=O)Cc1cn2ccc(C)cc2n1)C(=O)O. The summed E-state index contributed by atoms with van der Waals surface area (Å²) in [6, 6.07) is 3.03. The number of aryl methyl sites for hydroxylation is 1. The maximum atomic E-state index is 11.8. The van der Waals surface area contributed by atoms with E-state index in [1.54, 1.807) is 13.1 Å². The Labute approximate surface area is 116 Å². The summed E-state index contributed by atoms with van der Waals surface area (Å²) in [6.45, 7) is 3.69. The number of imidazole rings is 1. The van der Waals surface area contributed by atoms with Gasteiger partial charge in [-0.25, -0.2) is 9.78 Å². The number of rotatable bonds is 5. The largest absolute Gasteiger partial charge is 0.480 e. The van der Waals surface area contributed by atoms with Crippen LogP contribution in [0.3, 0.4) is 0 Å². The van der Waals surface area contributed by atoms with E-state index in [9.17, 15) is 9.59 Å². The molecule has 0 aromatic carbocycles. The van der Waals surface area contributed by atoms with Gasteiger partial charge >= 0.3 is 5.97 Å². The highest BCUT2D eigenvalue weighted by molar-refractivity contribution is 5.84. The molecule has 0 aliphatic rings. The maximum Gasteiger partial charge on any atom is 0.326 e. The molecule has 1 unspecified atom stereocenters. The average Bonchev–Trinajstić information content (AvgIpc) is 2.76. The summed E-state index contributed by atoms with van der Waals surface area (Å²) in [6.07, 6.45) is 4.08. The van der Waals surface area contributed by atoms with Gasteiger partial charge in [-0.15, -0.1) is 0 Å². The van der Waals surface area contributed by atoms with Crippen molar-refractivity contribution in [3.8, 4) is 0 Å². The Morgan fingerprint density at radius 2 is 2.25 bits per heavy atom. The van der Waals surface area contributed by atoms with Crippen LogP contribution in [0.25, 0.3) is 5.65 Å². The van der Waals surface area contributed by atoms with Crippen LogP contribution >= 0.6 is 0 Å². The Kier molecular flexibility index (Phi) is 4.02. The molecule has 1 atom stereocenters. The normalized spacial score (nSPS) is 12.3. The van der Waals surface area contributed by atoms with Gasteiger partial charge in [0.25, 0.3) is 0 Å². The van der Waals surface area contributed by atoms with E-state index in [2.05, 4.69) is 10.3 Å². The Morgan fingerprint density at radius 1 is 1.50 bits per heavy atom. The fraction of sp³-hybridized carbons (Fsp3) is 0.357. The number of carbonyl (C=O) groups is 2. The van der Waals surface area contributed by atoms with E-state index in [4.69, 9.17) is 5.11 Å².